The fourth-order valence-electron chi connectivity index (χ4n) is 5.05. The molecule has 0 fully saturated rings. The van der Waals surface area contributed by atoms with Crippen LogP contribution in [0.3, 0.4) is 0 Å². The van der Waals surface area contributed by atoms with Crippen molar-refractivity contribution >= 4 is 43.6 Å². The first kappa shape index (κ1) is 24.5. The first-order valence-electron chi connectivity index (χ1n) is 12.2. The zero-order valence-electron chi connectivity index (χ0n) is 20.5. The maximum absolute atomic E-state index is 13.3. The van der Waals surface area contributed by atoms with Crippen molar-refractivity contribution in [3.63, 3.8) is 0 Å². The van der Waals surface area contributed by atoms with E-state index in [0.29, 0.717) is 17.7 Å². The summed E-state index contributed by atoms with van der Waals surface area (Å²) < 4.78 is 11.3. The Kier molecular flexibility index (Phi) is 6.33. The quantitative estimate of drug-likeness (QED) is 0.169. The van der Waals surface area contributed by atoms with Gasteiger partial charge in [-0.15, -0.1) is 11.3 Å². The number of hydrogen-bond acceptors (Lipinski definition) is 4. The van der Waals surface area contributed by atoms with Crippen LogP contribution in [0.2, 0.25) is 0 Å². The first-order valence-corrected chi connectivity index (χ1v) is 13.1. The van der Waals surface area contributed by atoms with E-state index in [4.69, 9.17) is 9.40 Å². The Morgan fingerprint density at radius 3 is 2.47 bits per heavy atom. The second-order valence-corrected chi connectivity index (χ2v) is 9.95. The minimum absolute atomic E-state index is 0. The molecule has 0 amide bonds. The largest absolute Gasteiger partial charge is 1.00 e. The first-order chi connectivity index (χ1) is 18.2. The van der Waals surface area contributed by atoms with E-state index in [0.717, 1.165) is 48.7 Å². The highest BCUT2D eigenvalue weighted by molar-refractivity contribution is 7.21. The maximum atomic E-state index is 13.3. The number of benzene rings is 4. The highest BCUT2D eigenvalue weighted by atomic mass is 127. The van der Waals surface area contributed by atoms with Gasteiger partial charge in [0.05, 0.1) is 16.8 Å². The predicted molar refractivity (Wildman–Crippen MR) is 149 cm³/mol. The number of aryl methyl sites for hydroxylation is 1. The maximum Gasteiger partial charge on any atom is 0.352 e. The average Bonchev–Trinajstić information content (AvgIpc) is 3.52. The molecular formula is C31H22IN3O2S. The minimum atomic E-state index is -0.354. The molecule has 38 heavy (non-hydrogen) atoms. The lowest BCUT2D eigenvalue weighted by molar-refractivity contribution is -0.657. The topological polar surface area (TPSA) is 51.9 Å². The van der Waals surface area contributed by atoms with Gasteiger partial charge in [0.2, 0.25) is 0 Å². The van der Waals surface area contributed by atoms with E-state index >= 15 is 0 Å². The van der Waals surface area contributed by atoms with Gasteiger partial charge in [0.15, 0.2) is 16.6 Å². The minimum Gasteiger partial charge on any atom is -1.00 e. The summed E-state index contributed by atoms with van der Waals surface area (Å²) in [5, 5.41) is 1.87. The normalized spacial score (nSPS) is 11.3. The molecule has 3 heterocycles. The number of fused-ring (bicyclic) bond motifs is 3. The molecule has 7 heteroatoms. The molecule has 5 nitrogen and oxygen atoms in total. The van der Waals surface area contributed by atoms with Crippen molar-refractivity contribution in [3.8, 4) is 27.6 Å². The van der Waals surface area contributed by atoms with Gasteiger partial charge in [-0.2, -0.15) is 4.57 Å². The van der Waals surface area contributed by atoms with Crippen LogP contribution in [0.5, 0.6) is 0 Å². The number of thiazole rings is 1. The van der Waals surface area contributed by atoms with Gasteiger partial charge in [0, 0.05) is 10.9 Å². The molecule has 0 saturated heterocycles. The van der Waals surface area contributed by atoms with Gasteiger partial charge in [0.1, 0.15) is 16.3 Å². The molecule has 0 N–H and O–H groups in total. The van der Waals surface area contributed by atoms with E-state index < -0.39 is 0 Å². The molecule has 0 radical (unpaired) electrons. The van der Waals surface area contributed by atoms with Gasteiger partial charge in [-0.1, -0.05) is 48.5 Å². The molecule has 0 spiro atoms. The molecule has 3 aromatic heterocycles. The van der Waals surface area contributed by atoms with E-state index in [-0.39, 0.29) is 29.6 Å². The van der Waals surface area contributed by atoms with Gasteiger partial charge in [0.25, 0.3) is 0 Å². The standard InChI is InChI=1S/C31H22N3O2S.HI/c1-2-33-26-19-21(29-32-24-13-7-9-15-28(24)37-29)16-17-25(26)34(22-11-4-3-5-12-22)30(33)23-18-20-10-6-8-14-27(20)36-31(23)35;/h3-19H,2H2,1H3;1H/q+1;/p-1. The van der Waals surface area contributed by atoms with Crippen LogP contribution in [-0.2, 0) is 6.54 Å². The third kappa shape index (κ3) is 3.93. The van der Waals surface area contributed by atoms with Crippen LogP contribution in [0, 0.1) is 0 Å². The van der Waals surface area contributed by atoms with Crippen LogP contribution in [-0.4, -0.2) is 9.55 Å². The highest BCUT2D eigenvalue weighted by Crippen LogP contribution is 2.34. The summed E-state index contributed by atoms with van der Waals surface area (Å²) in [4.78, 5) is 18.2. The zero-order chi connectivity index (χ0) is 24.9. The number of para-hydroxylation sites is 3. The van der Waals surface area contributed by atoms with Crippen LogP contribution >= 0.6 is 11.3 Å². The predicted octanol–water partition coefficient (Wildman–Crippen LogP) is 3.99. The summed E-state index contributed by atoms with van der Waals surface area (Å²) in [5.74, 6) is 0.796. The monoisotopic (exact) mass is 627 g/mol. The van der Waals surface area contributed by atoms with Crippen molar-refractivity contribution in [1.29, 1.82) is 0 Å². The number of hydrogen-bond donors (Lipinski definition) is 0. The van der Waals surface area contributed by atoms with Crippen molar-refractivity contribution in [2.24, 2.45) is 0 Å². The molecule has 7 rings (SSSR count). The zero-order valence-corrected chi connectivity index (χ0v) is 23.4. The van der Waals surface area contributed by atoms with Crippen molar-refractivity contribution < 1.29 is 33.0 Å². The smallest absolute Gasteiger partial charge is 0.352 e. The molecule has 0 atom stereocenters. The van der Waals surface area contributed by atoms with Gasteiger partial charge in [-0.25, -0.2) is 14.3 Å². The molecule has 0 aliphatic rings. The second-order valence-electron chi connectivity index (χ2n) is 8.91. The summed E-state index contributed by atoms with van der Waals surface area (Å²) in [5.41, 5.74) is 5.84. The molecular weight excluding hydrogens is 605 g/mol. The molecule has 0 saturated carbocycles. The number of imidazole rings is 1. The Morgan fingerprint density at radius 1 is 0.895 bits per heavy atom. The van der Waals surface area contributed by atoms with Gasteiger partial charge in [-0.05, 0) is 61.5 Å². The SMILES string of the molecule is CC[n+]1c(-c2cc3ccccc3oc2=O)n(-c2ccccc2)c2ccc(-c3nc4ccccc4s3)cc21.[I-]. The van der Waals surface area contributed by atoms with E-state index in [1.165, 1.54) is 0 Å². The molecule has 0 aliphatic heterocycles. The lowest BCUT2D eigenvalue weighted by Crippen LogP contribution is -3.00. The van der Waals surface area contributed by atoms with Gasteiger partial charge < -0.3 is 28.4 Å². The van der Waals surface area contributed by atoms with E-state index in [2.05, 4.69) is 52.5 Å². The van der Waals surface area contributed by atoms with Crippen molar-refractivity contribution in [3.05, 3.63) is 114 Å². The lowest BCUT2D eigenvalue weighted by Gasteiger charge is -2.05. The Balaban J connectivity index is 0.00000264. The fraction of sp³-hybridized carbons (Fsp3) is 0.0645. The average molecular weight is 628 g/mol. The van der Waals surface area contributed by atoms with Gasteiger partial charge in [-0.3, -0.25) is 0 Å². The second kappa shape index (κ2) is 9.81. The molecule has 0 aliphatic carbocycles. The lowest BCUT2D eigenvalue weighted by atomic mass is 10.1. The van der Waals surface area contributed by atoms with Crippen LogP contribution in [0.1, 0.15) is 6.92 Å². The van der Waals surface area contributed by atoms with E-state index in [9.17, 15) is 4.79 Å². The van der Waals surface area contributed by atoms with Crippen LogP contribution in [0.4, 0.5) is 0 Å². The summed E-state index contributed by atoms with van der Waals surface area (Å²) in [7, 11) is 0. The molecule has 186 valence electrons. The van der Waals surface area contributed by atoms with Gasteiger partial charge >= 0.3 is 11.4 Å². The fourth-order valence-corrected chi connectivity index (χ4v) is 6.01. The summed E-state index contributed by atoms with van der Waals surface area (Å²) in [6, 6.07) is 34.3. The van der Waals surface area contributed by atoms with Crippen LogP contribution in [0.15, 0.2) is 112 Å². The molecule has 4 aromatic carbocycles. The van der Waals surface area contributed by atoms with E-state index in [1.54, 1.807) is 11.3 Å². The van der Waals surface area contributed by atoms with Crippen molar-refractivity contribution in [1.82, 2.24) is 9.55 Å². The Hall–Kier alpha value is -3.82. The highest BCUT2D eigenvalue weighted by Gasteiger charge is 2.30. The Bertz CT molecular complexity index is 1970. The number of nitrogens with zero attached hydrogens (tertiary/aromatic N) is 3. The molecule has 0 bridgehead atoms. The Labute approximate surface area is 239 Å². The van der Waals surface area contributed by atoms with Crippen molar-refractivity contribution in [2.45, 2.75) is 13.5 Å². The third-order valence-corrected chi connectivity index (χ3v) is 7.81. The number of aromatic nitrogens is 3. The number of halogens is 1. The summed E-state index contributed by atoms with van der Waals surface area (Å²) >= 11 is 1.69. The Morgan fingerprint density at radius 2 is 1.66 bits per heavy atom. The summed E-state index contributed by atoms with van der Waals surface area (Å²) in [6.07, 6.45) is 0. The molecule has 0 unspecified atom stereocenters. The van der Waals surface area contributed by atoms with E-state index in [1.807, 2.05) is 66.7 Å². The molecule has 7 aromatic rings. The van der Waals surface area contributed by atoms with Crippen molar-refractivity contribution in [2.75, 3.05) is 0 Å². The summed E-state index contributed by atoms with van der Waals surface area (Å²) in [6.45, 7) is 2.78. The number of rotatable bonds is 4. The van der Waals surface area contributed by atoms with Crippen LogP contribution < -0.4 is 34.2 Å². The third-order valence-electron chi connectivity index (χ3n) is 6.73. The van der Waals surface area contributed by atoms with Crippen LogP contribution in [0.25, 0.3) is 59.9 Å².